The molecule has 0 bridgehead atoms. The summed E-state index contributed by atoms with van der Waals surface area (Å²) in [7, 11) is 1.26. The van der Waals surface area contributed by atoms with Gasteiger partial charge in [-0.1, -0.05) is 12.1 Å². The van der Waals surface area contributed by atoms with Gasteiger partial charge in [-0.25, -0.2) is 14.5 Å². The standard InChI is InChI=1S/C12H11N3O3/c1-8(16)9-5-3-4-6-10(9)15-7-13-11(14-15)12(17)18-2/h3-7H,1-2H3. The van der Waals surface area contributed by atoms with E-state index in [1.54, 1.807) is 24.3 Å². The lowest BCUT2D eigenvalue weighted by molar-refractivity contribution is 0.0587. The first-order chi connectivity index (χ1) is 8.63. The summed E-state index contributed by atoms with van der Waals surface area (Å²) in [6.45, 7) is 1.47. The zero-order valence-electron chi connectivity index (χ0n) is 9.95. The van der Waals surface area contributed by atoms with E-state index in [2.05, 4.69) is 14.8 Å². The molecule has 1 heterocycles. The van der Waals surface area contributed by atoms with Crippen LogP contribution in [0, 0.1) is 0 Å². The van der Waals surface area contributed by atoms with Crippen molar-refractivity contribution in [1.82, 2.24) is 14.8 Å². The third kappa shape index (κ3) is 2.13. The topological polar surface area (TPSA) is 74.1 Å². The highest BCUT2D eigenvalue weighted by atomic mass is 16.5. The Labute approximate surface area is 103 Å². The average Bonchev–Trinajstić information content (AvgIpc) is 2.87. The Hall–Kier alpha value is -2.50. The fourth-order valence-electron chi connectivity index (χ4n) is 1.54. The number of ketones is 1. The Kier molecular flexibility index (Phi) is 3.18. The van der Waals surface area contributed by atoms with Crippen LogP contribution in [0.15, 0.2) is 30.6 Å². The molecule has 0 atom stereocenters. The highest BCUT2D eigenvalue weighted by molar-refractivity contribution is 5.97. The van der Waals surface area contributed by atoms with Gasteiger partial charge in [0.25, 0.3) is 5.82 Å². The predicted octanol–water partition coefficient (Wildman–Crippen LogP) is 1.26. The summed E-state index contributed by atoms with van der Waals surface area (Å²) in [4.78, 5) is 26.6. The fraction of sp³-hybridized carbons (Fsp3) is 0.167. The lowest BCUT2D eigenvalue weighted by Crippen LogP contribution is -2.07. The number of carbonyl (C=O) groups excluding carboxylic acids is 2. The zero-order chi connectivity index (χ0) is 13.1. The Morgan fingerprint density at radius 3 is 2.67 bits per heavy atom. The number of hydrogen-bond acceptors (Lipinski definition) is 5. The number of methoxy groups -OCH3 is 1. The van der Waals surface area contributed by atoms with Gasteiger partial charge in [-0.15, -0.1) is 5.10 Å². The van der Waals surface area contributed by atoms with Crippen LogP contribution < -0.4 is 0 Å². The maximum Gasteiger partial charge on any atom is 0.377 e. The van der Waals surface area contributed by atoms with Gasteiger partial charge in [-0.05, 0) is 19.1 Å². The Morgan fingerprint density at radius 2 is 2.00 bits per heavy atom. The highest BCUT2D eigenvalue weighted by Gasteiger charge is 2.14. The molecule has 0 aliphatic heterocycles. The molecular formula is C12H11N3O3. The van der Waals surface area contributed by atoms with Crippen molar-refractivity contribution in [1.29, 1.82) is 0 Å². The molecule has 0 spiro atoms. The summed E-state index contributed by atoms with van der Waals surface area (Å²) in [6, 6.07) is 6.96. The molecule has 0 amide bonds. The minimum absolute atomic E-state index is 0.0455. The molecule has 1 aromatic heterocycles. The van der Waals surface area contributed by atoms with Crippen molar-refractivity contribution in [2.75, 3.05) is 7.11 Å². The number of Topliss-reactive ketones (excluding diaryl/α,β-unsaturated/α-hetero) is 1. The number of rotatable bonds is 3. The first kappa shape index (κ1) is 12.0. The summed E-state index contributed by atoms with van der Waals surface area (Å²) < 4.78 is 5.90. The number of nitrogens with zero attached hydrogens (tertiary/aromatic N) is 3. The van der Waals surface area contributed by atoms with Crippen LogP contribution in [0.3, 0.4) is 0 Å². The van der Waals surface area contributed by atoms with Crippen molar-refractivity contribution in [3.05, 3.63) is 42.0 Å². The second-order valence-electron chi connectivity index (χ2n) is 3.58. The summed E-state index contributed by atoms with van der Waals surface area (Å²) in [5.74, 6) is -0.745. The second kappa shape index (κ2) is 4.79. The summed E-state index contributed by atoms with van der Waals surface area (Å²) in [5, 5.41) is 3.97. The number of esters is 1. The maximum absolute atomic E-state index is 11.5. The smallest absolute Gasteiger partial charge is 0.377 e. The van der Waals surface area contributed by atoms with Crippen molar-refractivity contribution < 1.29 is 14.3 Å². The molecule has 18 heavy (non-hydrogen) atoms. The van der Waals surface area contributed by atoms with E-state index in [1.165, 1.54) is 25.0 Å². The number of hydrogen-bond donors (Lipinski definition) is 0. The van der Waals surface area contributed by atoms with Gasteiger partial charge in [0.1, 0.15) is 6.33 Å². The molecule has 0 aliphatic rings. The molecule has 6 heteroatoms. The van der Waals surface area contributed by atoms with E-state index in [0.29, 0.717) is 11.3 Å². The van der Waals surface area contributed by atoms with Gasteiger partial charge >= 0.3 is 5.97 Å². The summed E-state index contributed by atoms with van der Waals surface area (Å²) in [6.07, 6.45) is 1.37. The van der Waals surface area contributed by atoms with Crippen LogP contribution >= 0.6 is 0 Å². The monoisotopic (exact) mass is 245 g/mol. The number of ether oxygens (including phenoxy) is 1. The zero-order valence-corrected chi connectivity index (χ0v) is 9.95. The predicted molar refractivity (Wildman–Crippen MR) is 62.7 cm³/mol. The minimum Gasteiger partial charge on any atom is -0.463 e. The quantitative estimate of drug-likeness (QED) is 0.601. The molecule has 0 fully saturated rings. The first-order valence-electron chi connectivity index (χ1n) is 5.24. The van der Waals surface area contributed by atoms with Crippen molar-refractivity contribution >= 4 is 11.8 Å². The van der Waals surface area contributed by atoms with Crippen LogP contribution in [0.5, 0.6) is 0 Å². The van der Waals surface area contributed by atoms with E-state index in [9.17, 15) is 9.59 Å². The van der Waals surface area contributed by atoms with Crippen molar-refractivity contribution in [2.45, 2.75) is 6.92 Å². The molecular weight excluding hydrogens is 234 g/mol. The van der Waals surface area contributed by atoms with Gasteiger partial charge in [-0.3, -0.25) is 4.79 Å². The number of benzene rings is 1. The van der Waals surface area contributed by atoms with Crippen LogP contribution in [0.25, 0.3) is 5.69 Å². The Balaban J connectivity index is 2.46. The van der Waals surface area contributed by atoms with Crippen LogP contribution in [-0.2, 0) is 4.74 Å². The van der Waals surface area contributed by atoms with Crippen LogP contribution in [-0.4, -0.2) is 33.6 Å². The van der Waals surface area contributed by atoms with Crippen molar-refractivity contribution in [3.63, 3.8) is 0 Å². The van der Waals surface area contributed by atoms with Gasteiger partial charge in [0.2, 0.25) is 0 Å². The molecule has 0 saturated heterocycles. The third-order valence-corrected chi connectivity index (χ3v) is 2.39. The van der Waals surface area contributed by atoms with Crippen molar-refractivity contribution in [3.8, 4) is 5.69 Å². The van der Waals surface area contributed by atoms with E-state index in [0.717, 1.165) is 0 Å². The molecule has 92 valence electrons. The molecule has 1 aromatic carbocycles. The summed E-state index contributed by atoms with van der Waals surface area (Å²) in [5.41, 5.74) is 1.09. The summed E-state index contributed by atoms with van der Waals surface area (Å²) >= 11 is 0. The average molecular weight is 245 g/mol. The number of para-hydroxylation sites is 1. The number of aromatic nitrogens is 3. The number of carbonyl (C=O) groups is 2. The molecule has 6 nitrogen and oxygen atoms in total. The van der Waals surface area contributed by atoms with E-state index < -0.39 is 5.97 Å². The van der Waals surface area contributed by atoms with Gasteiger partial charge in [0, 0.05) is 5.56 Å². The van der Waals surface area contributed by atoms with Gasteiger partial charge in [0.15, 0.2) is 5.78 Å². The molecule has 0 saturated carbocycles. The molecule has 0 unspecified atom stereocenters. The van der Waals surface area contributed by atoms with Gasteiger partial charge in [0.05, 0.1) is 12.8 Å². The van der Waals surface area contributed by atoms with Gasteiger partial charge in [-0.2, -0.15) is 0 Å². The second-order valence-corrected chi connectivity index (χ2v) is 3.58. The maximum atomic E-state index is 11.5. The van der Waals surface area contributed by atoms with E-state index in [-0.39, 0.29) is 11.6 Å². The largest absolute Gasteiger partial charge is 0.463 e. The Morgan fingerprint density at radius 1 is 1.28 bits per heavy atom. The highest BCUT2D eigenvalue weighted by Crippen LogP contribution is 2.13. The van der Waals surface area contributed by atoms with Crippen molar-refractivity contribution in [2.24, 2.45) is 0 Å². The lowest BCUT2D eigenvalue weighted by Gasteiger charge is -2.05. The molecule has 2 aromatic rings. The molecule has 0 N–H and O–H groups in total. The van der Waals surface area contributed by atoms with Gasteiger partial charge < -0.3 is 4.74 Å². The lowest BCUT2D eigenvalue weighted by atomic mass is 10.1. The van der Waals surface area contributed by atoms with E-state index in [4.69, 9.17) is 0 Å². The van der Waals surface area contributed by atoms with Crippen LogP contribution in [0.1, 0.15) is 27.9 Å². The molecule has 0 radical (unpaired) electrons. The van der Waals surface area contributed by atoms with Crippen LogP contribution in [0.4, 0.5) is 0 Å². The first-order valence-corrected chi connectivity index (χ1v) is 5.24. The van der Waals surface area contributed by atoms with E-state index >= 15 is 0 Å². The third-order valence-electron chi connectivity index (χ3n) is 2.39. The van der Waals surface area contributed by atoms with Crippen LogP contribution in [0.2, 0.25) is 0 Å². The molecule has 0 aliphatic carbocycles. The minimum atomic E-state index is -0.617. The normalized spacial score (nSPS) is 10.1. The fourth-order valence-corrected chi connectivity index (χ4v) is 1.54. The van der Waals surface area contributed by atoms with E-state index in [1.807, 2.05) is 0 Å². The Bertz CT molecular complexity index is 604. The SMILES string of the molecule is COC(=O)c1ncn(-c2ccccc2C(C)=O)n1. The molecule has 2 rings (SSSR count).